The molecular weight excluding hydrogens is 219 g/mol. The quantitative estimate of drug-likeness (QED) is 0.779. The molecule has 0 heterocycles. The third kappa shape index (κ3) is 3.07. The molecule has 1 rings (SSSR count). The molecule has 0 aliphatic carbocycles. The summed E-state index contributed by atoms with van der Waals surface area (Å²) in [4.78, 5) is 10.3. The summed E-state index contributed by atoms with van der Waals surface area (Å²) in [6.45, 7) is 2.01. The molecule has 0 fully saturated rings. The van der Waals surface area contributed by atoms with Crippen molar-refractivity contribution in [1.29, 1.82) is 0 Å². The van der Waals surface area contributed by atoms with E-state index in [1.54, 1.807) is 0 Å². The monoisotopic (exact) mass is 230 g/mol. The number of aryl methyl sites for hydroxylation is 1. The second kappa shape index (κ2) is 4.29. The second-order valence-electron chi connectivity index (χ2n) is 2.50. The van der Waals surface area contributed by atoms with Crippen LogP contribution in [0.25, 0.3) is 0 Å². The molecular formula is C9H10O2Se. The van der Waals surface area contributed by atoms with E-state index in [1.165, 1.54) is 5.56 Å². The third-order valence-corrected chi connectivity index (χ3v) is 3.40. The van der Waals surface area contributed by atoms with Crippen LogP contribution in [-0.4, -0.2) is 26.0 Å². The van der Waals surface area contributed by atoms with E-state index in [1.807, 2.05) is 31.2 Å². The van der Waals surface area contributed by atoms with Crippen molar-refractivity contribution < 1.29 is 9.90 Å². The summed E-state index contributed by atoms with van der Waals surface area (Å²) in [7, 11) is 0. The maximum atomic E-state index is 10.3. The van der Waals surface area contributed by atoms with Crippen LogP contribution in [0.4, 0.5) is 0 Å². The van der Waals surface area contributed by atoms with Gasteiger partial charge in [-0.3, -0.25) is 0 Å². The van der Waals surface area contributed by atoms with Gasteiger partial charge in [-0.15, -0.1) is 0 Å². The van der Waals surface area contributed by atoms with E-state index in [2.05, 4.69) is 0 Å². The average Bonchev–Trinajstić information content (AvgIpc) is 2.01. The number of hydrogen-bond acceptors (Lipinski definition) is 1. The second-order valence-corrected chi connectivity index (χ2v) is 4.70. The van der Waals surface area contributed by atoms with E-state index in [9.17, 15) is 4.79 Å². The minimum absolute atomic E-state index is 0.0812. The maximum absolute atomic E-state index is 10.3. The fraction of sp³-hybridized carbons (Fsp3) is 0.222. The summed E-state index contributed by atoms with van der Waals surface area (Å²) in [5.74, 6) is -0.712. The number of rotatable bonds is 3. The molecule has 0 aliphatic heterocycles. The Kier molecular flexibility index (Phi) is 3.32. The van der Waals surface area contributed by atoms with Gasteiger partial charge in [0.15, 0.2) is 0 Å². The first kappa shape index (κ1) is 9.30. The number of benzene rings is 1. The molecule has 0 atom stereocenters. The molecule has 1 aromatic carbocycles. The Balaban J connectivity index is 2.57. The molecule has 3 heteroatoms. The molecule has 0 radical (unpaired) electrons. The van der Waals surface area contributed by atoms with Gasteiger partial charge in [-0.1, -0.05) is 0 Å². The van der Waals surface area contributed by atoms with Crippen molar-refractivity contribution in [2.75, 3.05) is 0 Å². The summed E-state index contributed by atoms with van der Waals surface area (Å²) < 4.78 is 1.16. The van der Waals surface area contributed by atoms with E-state index >= 15 is 0 Å². The Morgan fingerprint density at radius 1 is 1.58 bits per heavy atom. The topological polar surface area (TPSA) is 37.3 Å². The van der Waals surface area contributed by atoms with E-state index in [0.717, 1.165) is 4.46 Å². The van der Waals surface area contributed by atoms with Gasteiger partial charge in [0.2, 0.25) is 0 Å². The van der Waals surface area contributed by atoms with Crippen molar-refractivity contribution in [2.24, 2.45) is 0 Å². The van der Waals surface area contributed by atoms with Crippen LogP contribution in [0.5, 0.6) is 0 Å². The summed E-state index contributed by atoms with van der Waals surface area (Å²) in [5.41, 5.74) is 1.19. The third-order valence-electron chi connectivity index (χ3n) is 1.35. The van der Waals surface area contributed by atoms with E-state index in [4.69, 9.17) is 5.11 Å². The van der Waals surface area contributed by atoms with Crippen molar-refractivity contribution in [3.8, 4) is 0 Å². The molecule has 2 nitrogen and oxygen atoms in total. The van der Waals surface area contributed by atoms with Gasteiger partial charge in [0.1, 0.15) is 0 Å². The Bertz CT molecular complexity index is 284. The van der Waals surface area contributed by atoms with Gasteiger partial charge in [0.25, 0.3) is 0 Å². The van der Waals surface area contributed by atoms with Gasteiger partial charge in [-0.25, -0.2) is 0 Å². The average molecular weight is 229 g/mol. The van der Waals surface area contributed by atoms with Crippen LogP contribution in [-0.2, 0) is 4.79 Å². The van der Waals surface area contributed by atoms with Gasteiger partial charge in [0.05, 0.1) is 0 Å². The van der Waals surface area contributed by atoms with Crippen molar-refractivity contribution in [3.05, 3.63) is 29.8 Å². The van der Waals surface area contributed by atoms with E-state index in [0.29, 0.717) is 0 Å². The van der Waals surface area contributed by atoms with Gasteiger partial charge < -0.3 is 0 Å². The SMILES string of the molecule is Cc1cccc([Se]CC(=O)O)c1. The van der Waals surface area contributed by atoms with Gasteiger partial charge in [-0.2, -0.15) is 0 Å². The standard InChI is InChI=1S/C9H10O2Se/c1-7-3-2-4-8(5-7)12-6-9(10)11/h2-5H,6H2,1H3,(H,10,11). The predicted octanol–water partition coefficient (Wildman–Crippen LogP) is 0.827. The van der Waals surface area contributed by atoms with Crippen LogP contribution < -0.4 is 4.46 Å². The zero-order valence-corrected chi connectivity index (χ0v) is 8.49. The number of carboxylic acid groups (broad SMARTS) is 1. The molecule has 0 spiro atoms. The predicted molar refractivity (Wildman–Crippen MR) is 49.0 cm³/mol. The summed E-state index contributed by atoms with van der Waals surface area (Å²) in [6.07, 6.45) is 0. The molecule has 0 saturated carbocycles. The first-order valence-corrected chi connectivity index (χ1v) is 5.66. The van der Waals surface area contributed by atoms with Crippen molar-refractivity contribution in [3.63, 3.8) is 0 Å². The van der Waals surface area contributed by atoms with Gasteiger partial charge >= 0.3 is 77.4 Å². The fourth-order valence-electron chi connectivity index (χ4n) is 0.850. The Labute approximate surface area is 77.8 Å². The van der Waals surface area contributed by atoms with E-state index in [-0.39, 0.29) is 20.3 Å². The van der Waals surface area contributed by atoms with Gasteiger partial charge in [-0.05, 0) is 0 Å². The zero-order chi connectivity index (χ0) is 8.97. The molecule has 12 heavy (non-hydrogen) atoms. The molecule has 0 bridgehead atoms. The van der Waals surface area contributed by atoms with Crippen LogP contribution in [0.3, 0.4) is 0 Å². The Hall–Kier alpha value is -0.791. The molecule has 0 unspecified atom stereocenters. The zero-order valence-electron chi connectivity index (χ0n) is 6.78. The van der Waals surface area contributed by atoms with Crippen LogP contribution >= 0.6 is 0 Å². The molecule has 0 aromatic heterocycles. The van der Waals surface area contributed by atoms with Gasteiger partial charge in [0, 0.05) is 0 Å². The molecule has 0 saturated heterocycles. The molecule has 1 aromatic rings. The Morgan fingerprint density at radius 2 is 2.33 bits per heavy atom. The number of aliphatic carboxylic acids is 1. The molecule has 0 amide bonds. The summed E-state index contributed by atoms with van der Waals surface area (Å²) in [5, 5.41) is 8.73. The van der Waals surface area contributed by atoms with Crippen LogP contribution in [0.2, 0.25) is 5.32 Å². The fourth-order valence-corrected chi connectivity index (χ4v) is 2.39. The summed E-state index contributed by atoms with van der Waals surface area (Å²) >= 11 is 0.0812. The van der Waals surface area contributed by atoms with Crippen molar-refractivity contribution in [2.45, 2.75) is 12.2 Å². The molecule has 1 N–H and O–H groups in total. The van der Waals surface area contributed by atoms with E-state index < -0.39 is 5.97 Å². The Morgan fingerprint density at radius 3 is 2.92 bits per heavy atom. The number of carbonyl (C=O) groups is 1. The van der Waals surface area contributed by atoms with Crippen LogP contribution in [0.1, 0.15) is 5.56 Å². The normalized spacial score (nSPS) is 9.75. The molecule has 64 valence electrons. The van der Waals surface area contributed by atoms with Crippen LogP contribution in [0, 0.1) is 6.92 Å². The number of hydrogen-bond donors (Lipinski definition) is 1. The summed E-state index contributed by atoms with van der Waals surface area (Å²) in [6, 6.07) is 8.01. The molecule has 0 aliphatic rings. The van der Waals surface area contributed by atoms with Crippen molar-refractivity contribution in [1.82, 2.24) is 0 Å². The van der Waals surface area contributed by atoms with Crippen LogP contribution in [0.15, 0.2) is 24.3 Å². The van der Waals surface area contributed by atoms with Crippen molar-refractivity contribution >= 4 is 25.4 Å². The number of carboxylic acids is 1. The first-order chi connectivity index (χ1) is 5.68. The minimum atomic E-state index is -0.712. The first-order valence-electron chi connectivity index (χ1n) is 3.60.